The molecule has 26 heavy (non-hydrogen) atoms. The largest absolute Gasteiger partial charge is 0.393 e. The summed E-state index contributed by atoms with van der Waals surface area (Å²) in [5.41, 5.74) is 3.96. The zero-order valence-corrected chi connectivity index (χ0v) is 17.3. The van der Waals surface area contributed by atoms with Crippen LogP contribution in [0.3, 0.4) is 0 Å². The van der Waals surface area contributed by atoms with Gasteiger partial charge in [0.05, 0.1) is 11.9 Å². The number of allylic oxidation sites excluding steroid dienone is 1. The standard InChI is InChI=1S/C22H34O3S/c1-14-6-7-17-13-26(24,25)21(18(17)11-14)12-16-5-4-10-22(3)19(15(2)23)8-9-20(16)22/h12,14-15,19-21,23H,4-11,13H2,1-3H3/t14-,15-,19+,20-,21?,22+/m0/s1. The average molecular weight is 379 g/mol. The van der Waals surface area contributed by atoms with E-state index in [-0.39, 0.29) is 16.8 Å². The predicted molar refractivity (Wildman–Crippen MR) is 106 cm³/mol. The molecule has 6 atom stereocenters. The number of hydrogen-bond donors (Lipinski definition) is 1. The van der Waals surface area contributed by atoms with E-state index in [1.165, 1.54) is 16.7 Å². The van der Waals surface area contributed by atoms with Crippen molar-refractivity contribution in [3.63, 3.8) is 0 Å². The van der Waals surface area contributed by atoms with Gasteiger partial charge >= 0.3 is 0 Å². The van der Waals surface area contributed by atoms with Crippen LogP contribution in [0.15, 0.2) is 22.8 Å². The van der Waals surface area contributed by atoms with Gasteiger partial charge in [0, 0.05) is 0 Å². The molecule has 0 aromatic heterocycles. The minimum Gasteiger partial charge on any atom is -0.393 e. The molecule has 3 nitrogen and oxygen atoms in total. The van der Waals surface area contributed by atoms with Gasteiger partial charge in [0.15, 0.2) is 9.84 Å². The van der Waals surface area contributed by atoms with Gasteiger partial charge in [0.2, 0.25) is 0 Å². The van der Waals surface area contributed by atoms with E-state index in [2.05, 4.69) is 19.9 Å². The Hall–Kier alpha value is -0.610. The highest BCUT2D eigenvalue weighted by Gasteiger charge is 2.51. The molecule has 1 heterocycles. The van der Waals surface area contributed by atoms with E-state index in [0.29, 0.717) is 23.5 Å². The Bertz CT molecular complexity index is 745. The molecular formula is C22H34O3S. The highest BCUT2D eigenvalue weighted by molar-refractivity contribution is 7.92. The van der Waals surface area contributed by atoms with Gasteiger partial charge in [0.1, 0.15) is 5.25 Å². The first kappa shape index (κ1) is 18.7. The van der Waals surface area contributed by atoms with Crippen LogP contribution < -0.4 is 0 Å². The lowest BCUT2D eigenvalue weighted by molar-refractivity contribution is 0.0301. The second kappa shape index (κ2) is 6.48. The highest BCUT2D eigenvalue weighted by Crippen LogP contribution is 2.58. The monoisotopic (exact) mass is 378 g/mol. The van der Waals surface area contributed by atoms with Gasteiger partial charge in [-0.05, 0) is 87.0 Å². The summed E-state index contributed by atoms with van der Waals surface area (Å²) in [6, 6.07) is 0. The molecule has 0 amide bonds. The molecule has 146 valence electrons. The van der Waals surface area contributed by atoms with Crippen LogP contribution >= 0.6 is 0 Å². The summed E-state index contributed by atoms with van der Waals surface area (Å²) in [6.07, 6.45) is 10.5. The summed E-state index contributed by atoms with van der Waals surface area (Å²) in [6.45, 7) is 6.52. The van der Waals surface area contributed by atoms with Gasteiger partial charge in [0.25, 0.3) is 0 Å². The van der Waals surface area contributed by atoms with Crippen molar-refractivity contribution >= 4 is 9.84 Å². The van der Waals surface area contributed by atoms with Gasteiger partial charge in [-0.25, -0.2) is 8.42 Å². The molecule has 4 rings (SSSR count). The van der Waals surface area contributed by atoms with Crippen molar-refractivity contribution in [1.82, 2.24) is 0 Å². The zero-order valence-electron chi connectivity index (χ0n) is 16.5. The van der Waals surface area contributed by atoms with Gasteiger partial charge < -0.3 is 5.11 Å². The number of sulfone groups is 1. The molecule has 0 spiro atoms. The van der Waals surface area contributed by atoms with E-state index in [1.54, 1.807) is 0 Å². The Balaban J connectivity index is 1.68. The van der Waals surface area contributed by atoms with Crippen LogP contribution in [0.25, 0.3) is 0 Å². The molecule has 0 aromatic carbocycles. The van der Waals surface area contributed by atoms with Crippen molar-refractivity contribution in [2.24, 2.45) is 23.2 Å². The molecule has 2 saturated carbocycles. The maximum Gasteiger partial charge on any atom is 0.164 e. The van der Waals surface area contributed by atoms with Gasteiger partial charge in [-0.2, -0.15) is 0 Å². The Morgan fingerprint density at radius 3 is 2.73 bits per heavy atom. The Morgan fingerprint density at radius 1 is 1.23 bits per heavy atom. The zero-order chi connectivity index (χ0) is 18.7. The van der Waals surface area contributed by atoms with Crippen LogP contribution in [-0.4, -0.2) is 30.6 Å². The van der Waals surface area contributed by atoms with E-state index < -0.39 is 9.84 Å². The average Bonchev–Trinajstić information content (AvgIpc) is 3.02. The van der Waals surface area contributed by atoms with Crippen LogP contribution in [0, 0.1) is 23.2 Å². The lowest BCUT2D eigenvalue weighted by Gasteiger charge is -2.43. The molecule has 0 radical (unpaired) electrons. The molecule has 2 fully saturated rings. The van der Waals surface area contributed by atoms with Gasteiger partial charge in [-0.3, -0.25) is 0 Å². The summed E-state index contributed by atoms with van der Waals surface area (Å²) in [5.74, 6) is 1.70. The van der Waals surface area contributed by atoms with Crippen LogP contribution in [0.5, 0.6) is 0 Å². The third kappa shape index (κ3) is 2.92. The van der Waals surface area contributed by atoms with Crippen LogP contribution in [0.4, 0.5) is 0 Å². The van der Waals surface area contributed by atoms with Crippen molar-refractivity contribution in [3.05, 3.63) is 22.8 Å². The fourth-order valence-corrected chi connectivity index (χ4v) is 8.78. The smallest absolute Gasteiger partial charge is 0.164 e. The number of rotatable bonds is 2. The van der Waals surface area contributed by atoms with E-state index in [1.807, 2.05) is 6.92 Å². The minimum absolute atomic E-state index is 0.137. The Morgan fingerprint density at radius 2 is 2.00 bits per heavy atom. The first-order chi connectivity index (χ1) is 12.2. The maximum atomic E-state index is 12.9. The maximum absolute atomic E-state index is 12.9. The molecule has 0 bridgehead atoms. The molecule has 4 heteroatoms. The van der Waals surface area contributed by atoms with E-state index in [9.17, 15) is 13.5 Å². The van der Waals surface area contributed by atoms with Gasteiger partial charge in [-0.1, -0.05) is 31.1 Å². The lowest BCUT2D eigenvalue weighted by atomic mass is 9.62. The fourth-order valence-electron chi connectivity index (χ4n) is 6.71. The molecule has 4 aliphatic rings. The SMILES string of the molecule is C[C@H]1CCC2=C(C1)C(C=C1CCC[C@]3(C)[C@@H]([C@H](C)O)CC[C@@H]13)S(=O)(=O)C2. The first-order valence-corrected chi connectivity index (χ1v) is 12.2. The molecule has 1 N–H and O–H groups in total. The second-order valence-corrected chi connectivity index (χ2v) is 11.9. The highest BCUT2D eigenvalue weighted by atomic mass is 32.2. The van der Waals surface area contributed by atoms with Crippen molar-refractivity contribution in [1.29, 1.82) is 0 Å². The van der Waals surface area contributed by atoms with Gasteiger partial charge in [-0.15, -0.1) is 0 Å². The second-order valence-electron chi connectivity index (χ2n) is 9.78. The Kier molecular flexibility index (Phi) is 4.67. The molecule has 0 saturated heterocycles. The third-order valence-electron chi connectivity index (χ3n) is 8.05. The van der Waals surface area contributed by atoms with Crippen molar-refractivity contribution in [2.75, 3.05) is 5.75 Å². The summed E-state index contributed by atoms with van der Waals surface area (Å²) in [7, 11) is -3.07. The summed E-state index contributed by atoms with van der Waals surface area (Å²) < 4.78 is 25.9. The van der Waals surface area contributed by atoms with Crippen molar-refractivity contribution < 1.29 is 13.5 Å². The third-order valence-corrected chi connectivity index (χ3v) is 10.00. The number of fused-ring (bicyclic) bond motifs is 1. The molecule has 1 aliphatic heterocycles. The van der Waals surface area contributed by atoms with Crippen LogP contribution in [-0.2, 0) is 9.84 Å². The molecule has 1 unspecified atom stereocenters. The number of aliphatic hydroxyl groups is 1. The predicted octanol–water partition coefficient (Wildman–Crippen LogP) is 4.42. The van der Waals surface area contributed by atoms with Crippen molar-refractivity contribution in [2.45, 2.75) is 83.5 Å². The Labute approximate surface area is 158 Å². The summed E-state index contributed by atoms with van der Waals surface area (Å²) in [5, 5.41) is 9.91. The topological polar surface area (TPSA) is 54.4 Å². The number of hydrogen-bond acceptors (Lipinski definition) is 3. The van der Waals surface area contributed by atoms with E-state index in [0.717, 1.165) is 51.4 Å². The summed E-state index contributed by atoms with van der Waals surface area (Å²) in [4.78, 5) is 0. The quantitative estimate of drug-likeness (QED) is 0.724. The van der Waals surface area contributed by atoms with Crippen molar-refractivity contribution in [3.8, 4) is 0 Å². The summed E-state index contributed by atoms with van der Waals surface area (Å²) >= 11 is 0. The van der Waals surface area contributed by atoms with E-state index in [4.69, 9.17) is 0 Å². The van der Waals surface area contributed by atoms with Crippen LogP contribution in [0.1, 0.15) is 72.1 Å². The normalized spacial score (nSPS) is 44.8. The molecular weight excluding hydrogens is 344 g/mol. The number of aliphatic hydroxyl groups excluding tert-OH is 1. The molecule has 0 aromatic rings. The minimum atomic E-state index is -3.07. The first-order valence-electron chi connectivity index (χ1n) is 10.5. The fraction of sp³-hybridized carbons (Fsp3) is 0.818. The lowest BCUT2D eigenvalue weighted by Crippen LogP contribution is -2.38. The molecule has 3 aliphatic carbocycles. The van der Waals surface area contributed by atoms with Crippen LogP contribution in [0.2, 0.25) is 0 Å². The van der Waals surface area contributed by atoms with E-state index >= 15 is 0 Å².